The molecule has 0 fully saturated rings. The van der Waals surface area contributed by atoms with Gasteiger partial charge in [0.1, 0.15) is 0 Å². The second kappa shape index (κ2) is 24.0. The van der Waals surface area contributed by atoms with Crippen molar-refractivity contribution in [1.29, 1.82) is 0 Å². The number of hydrogen-bond donors (Lipinski definition) is 0. The fourth-order valence-corrected chi connectivity index (χ4v) is 4.25. The van der Waals surface area contributed by atoms with Crippen molar-refractivity contribution in [1.82, 2.24) is 0 Å². The lowest BCUT2D eigenvalue weighted by molar-refractivity contribution is 0.428. The van der Waals surface area contributed by atoms with Gasteiger partial charge in [0.05, 0.1) is 0 Å². The molecule has 0 amide bonds. The molecule has 0 spiro atoms. The summed E-state index contributed by atoms with van der Waals surface area (Å²) in [6.07, 6.45) is 33.7. The molecule has 0 N–H and O–H groups in total. The fourth-order valence-electron chi connectivity index (χ4n) is 4.25. The zero-order valence-corrected chi connectivity index (χ0v) is 20.6. The summed E-state index contributed by atoms with van der Waals surface area (Å²) < 4.78 is 0. The Morgan fingerprint density at radius 2 is 0.897 bits per heavy atom. The monoisotopic (exact) mass is 404 g/mol. The molecular formula is C29H56. The normalized spacial score (nSPS) is 13.9. The van der Waals surface area contributed by atoms with Crippen LogP contribution in [-0.4, -0.2) is 0 Å². The minimum atomic E-state index is 0.857. The van der Waals surface area contributed by atoms with Gasteiger partial charge in [-0.15, -0.1) is 0 Å². The van der Waals surface area contributed by atoms with Crippen LogP contribution < -0.4 is 0 Å². The number of unbranched alkanes of at least 4 members (excludes halogenated alkanes) is 14. The average molecular weight is 405 g/mol. The van der Waals surface area contributed by atoms with E-state index in [1.807, 2.05) is 0 Å². The van der Waals surface area contributed by atoms with E-state index >= 15 is 0 Å². The quantitative estimate of drug-likeness (QED) is 0.117. The maximum Gasteiger partial charge on any atom is -0.0325 e. The third-order valence-corrected chi connectivity index (χ3v) is 6.42. The van der Waals surface area contributed by atoms with Gasteiger partial charge < -0.3 is 0 Å². The van der Waals surface area contributed by atoms with Gasteiger partial charge in [-0.3, -0.25) is 0 Å². The minimum absolute atomic E-state index is 0.857. The second-order valence-corrected chi connectivity index (χ2v) is 9.73. The number of hydrogen-bond acceptors (Lipinski definition) is 0. The van der Waals surface area contributed by atoms with Gasteiger partial charge in [0.25, 0.3) is 0 Å². The lowest BCUT2D eigenvalue weighted by atomic mass is 9.95. The van der Waals surface area contributed by atoms with E-state index in [9.17, 15) is 0 Å². The third-order valence-electron chi connectivity index (χ3n) is 6.42. The highest BCUT2D eigenvalue weighted by Gasteiger charge is 2.03. The molecule has 2 unspecified atom stereocenters. The zero-order valence-electron chi connectivity index (χ0n) is 20.6. The van der Waals surface area contributed by atoms with E-state index < -0.39 is 0 Å². The van der Waals surface area contributed by atoms with Crippen molar-refractivity contribution in [3.05, 3.63) is 26.0 Å². The Kier molecular flexibility index (Phi) is 23.8. The Labute approximate surface area is 186 Å². The summed E-state index contributed by atoms with van der Waals surface area (Å²) >= 11 is 0. The van der Waals surface area contributed by atoms with E-state index in [1.54, 1.807) is 0 Å². The molecule has 172 valence electrons. The van der Waals surface area contributed by atoms with Crippen LogP contribution in [0.25, 0.3) is 0 Å². The van der Waals surface area contributed by atoms with Crippen molar-refractivity contribution in [2.75, 3.05) is 0 Å². The Morgan fingerprint density at radius 1 is 0.483 bits per heavy atom. The molecule has 29 heavy (non-hydrogen) atoms. The first-order valence-corrected chi connectivity index (χ1v) is 13.4. The SMILES string of the molecule is [CH2]CC/C=C/CC(C)CCCCCCCCC(C)CCCCCCCCCC[CH2]. The molecule has 0 aliphatic heterocycles. The lowest BCUT2D eigenvalue weighted by Gasteiger charge is -2.11. The summed E-state index contributed by atoms with van der Waals surface area (Å²) in [5, 5.41) is 0. The molecule has 0 aliphatic rings. The minimum Gasteiger partial charge on any atom is -0.0885 e. The topological polar surface area (TPSA) is 0 Å². The van der Waals surface area contributed by atoms with Crippen LogP contribution in [0, 0.1) is 25.7 Å². The smallest absolute Gasteiger partial charge is 0.0325 e. The highest BCUT2D eigenvalue weighted by Crippen LogP contribution is 2.19. The molecule has 0 aromatic carbocycles. The molecule has 0 heteroatoms. The summed E-state index contributed by atoms with van der Waals surface area (Å²) in [5.74, 6) is 1.81. The Balaban J connectivity index is 3.26. The van der Waals surface area contributed by atoms with E-state index in [1.165, 1.54) is 116 Å². The van der Waals surface area contributed by atoms with E-state index in [0.29, 0.717) is 0 Å². The highest BCUT2D eigenvalue weighted by atomic mass is 14.1. The summed E-state index contributed by atoms with van der Waals surface area (Å²) in [7, 11) is 0. The zero-order chi connectivity index (χ0) is 21.4. The van der Waals surface area contributed by atoms with Gasteiger partial charge >= 0.3 is 0 Å². The molecule has 0 saturated heterocycles. The van der Waals surface area contributed by atoms with E-state index in [-0.39, 0.29) is 0 Å². The van der Waals surface area contributed by atoms with E-state index in [4.69, 9.17) is 0 Å². The summed E-state index contributed by atoms with van der Waals surface area (Å²) in [4.78, 5) is 0. The van der Waals surface area contributed by atoms with Gasteiger partial charge in [-0.1, -0.05) is 155 Å². The van der Waals surface area contributed by atoms with E-state index in [2.05, 4.69) is 39.8 Å². The van der Waals surface area contributed by atoms with E-state index in [0.717, 1.165) is 31.1 Å². The van der Waals surface area contributed by atoms with Crippen LogP contribution in [-0.2, 0) is 0 Å². The highest BCUT2D eigenvalue weighted by molar-refractivity contribution is 4.83. The number of rotatable bonds is 23. The van der Waals surface area contributed by atoms with Gasteiger partial charge in [-0.25, -0.2) is 0 Å². The molecule has 0 heterocycles. The second-order valence-electron chi connectivity index (χ2n) is 9.73. The standard InChI is InChI=1S/C29H56/c1-5-7-9-11-12-13-14-17-21-26-29(4)27-23-19-16-15-18-22-25-28(3)24-20-10-8-6-2/h10,20,28-29H,1-2,5-9,11-19,21-27H2,3-4H3/b20-10+. The number of allylic oxidation sites excluding steroid dienone is 2. The summed E-state index contributed by atoms with van der Waals surface area (Å²) in [6, 6.07) is 0. The summed E-state index contributed by atoms with van der Waals surface area (Å²) in [6.45, 7) is 12.7. The molecule has 0 aliphatic carbocycles. The average Bonchev–Trinajstić information content (AvgIpc) is 2.72. The van der Waals surface area contributed by atoms with Gasteiger partial charge in [-0.2, -0.15) is 0 Å². The molecule has 2 atom stereocenters. The van der Waals surface area contributed by atoms with Gasteiger partial charge in [-0.05, 0) is 31.1 Å². The van der Waals surface area contributed by atoms with Gasteiger partial charge in [0, 0.05) is 0 Å². The molecule has 0 aromatic rings. The predicted octanol–water partition coefficient (Wildman–Crippen LogP) is 10.7. The molecular weight excluding hydrogens is 348 g/mol. The first-order valence-electron chi connectivity index (χ1n) is 13.4. The molecule has 2 radical (unpaired) electrons. The summed E-state index contributed by atoms with van der Waals surface area (Å²) in [5.41, 5.74) is 0. The van der Waals surface area contributed by atoms with Crippen LogP contribution in [0.4, 0.5) is 0 Å². The first kappa shape index (κ1) is 28.7. The van der Waals surface area contributed by atoms with Crippen LogP contribution in [0.15, 0.2) is 12.2 Å². The molecule has 0 saturated carbocycles. The van der Waals surface area contributed by atoms with Crippen molar-refractivity contribution < 1.29 is 0 Å². The van der Waals surface area contributed by atoms with Crippen molar-refractivity contribution in [2.45, 2.75) is 149 Å². The van der Waals surface area contributed by atoms with Crippen molar-refractivity contribution in [2.24, 2.45) is 11.8 Å². The van der Waals surface area contributed by atoms with Crippen LogP contribution >= 0.6 is 0 Å². The Hall–Kier alpha value is -0.260. The largest absolute Gasteiger partial charge is 0.0885 e. The lowest BCUT2D eigenvalue weighted by Crippen LogP contribution is -1.95. The Bertz CT molecular complexity index is 316. The van der Waals surface area contributed by atoms with Crippen molar-refractivity contribution >= 4 is 0 Å². The van der Waals surface area contributed by atoms with Crippen LogP contribution in [0.3, 0.4) is 0 Å². The molecule has 0 rings (SSSR count). The van der Waals surface area contributed by atoms with Crippen LogP contribution in [0.1, 0.15) is 149 Å². The van der Waals surface area contributed by atoms with Gasteiger partial charge in [0.2, 0.25) is 0 Å². The molecule has 0 aromatic heterocycles. The van der Waals surface area contributed by atoms with Crippen molar-refractivity contribution in [3.63, 3.8) is 0 Å². The molecule has 0 nitrogen and oxygen atoms in total. The first-order chi connectivity index (χ1) is 14.2. The maximum absolute atomic E-state index is 3.92. The molecule has 0 bridgehead atoms. The maximum atomic E-state index is 3.92. The predicted molar refractivity (Wildman–Crippen MR) is 135 cm³/mol. The van der Waals surface area contributed by atoms with Crippen molar-refractivity contribution in [3.8, 4) is 0 Å². The Morgan fingerprint density at radius 3 is 1.34 bits per heavy atom. The van der Waals surface area contributed by atoms with Crippen LogP contribution in [0.2, 0.25) is 0 Å². The van der Waals surface area contributed by atoms with Gasteiger partial charge in [0.15, 0.2) is 0 Å². The van der Waals surface area contributed by atoms with Crippen LogP contribution in [0.5, 0.6) is 0 Å². The third kappa shape index (κ3) is 23.9. The fraction of sp³-hybridized carbons (Fsp3) is 0.862.